The maximum absolute atomic E-state index is 16.4. The minimum atomic E-state index is -2.25. The van der Waals surface area contributed by atoms with Gasteiger partial charge < -0.3 is 193 Å². The van der Waals surface area contributed by atoms with E-state index in [0.717, 1.165) is 5.57 Å². The lowest BCUT2D eigenvalue weighted by Crippen LogP contribution is -2.69. The Balaban J connectivity index is 0.762. The second-order valence-corrected chi connectivity index (χ2v) is 39.2. The molecule has 0 aromatic carbocycles. The van der Waals surface area contributed by atoms with Crippen molar-refractivity contribution < 1.29 is 202 Å². The Morgan fingerprint density at radius 2 is 1.01 bits per heavy atom. The second-order valence-electron chi connectivity index (χ2n) is 39.2. The summed E-state index contributed by atoms with van der Waals surface area (Å²) in [4.78, 5) is 30.2. The number of aliphatic hydroxyl groups excluding tert-OH is 21. The molecule has 8 saturated heterocycles. The largest absolute Gasteiger partial charge is 0.459 e. The number of hydrogen-bond donors (Lipinski definition) is 22. The molecule has 12 fully saturated rings. The van der Waals surface area contributed by atoms with Crippen LogP contribution in [0.15, 0.2) is 36.0 Å². The van der Waals surface area contributed by atoms with Crippen LogP contribution in [-0.2, 0) is 90.1 Å². The zero-order valence-corrected chi connectivity index (χ0v) is 71.9. The molecule has 46 atom stereocenters. The van der Waals surface area contributed by atoms with Gasteiger partial charge in [0.05, 0.1) is 63.6 Å². The zero-order chi connectivity index (χ0) is 91.4. The Morgan fingerprint density at radius 1 is 0.504 bits per heavy atom. The van der Waals surface area contributed by atoms with E-state index in [0.29, 0.717) is 44.9 Å². The van der Waals surface area contributed by atoms with Gasteiger partial charge >= 0.3 is 11.9 Å². The SMILES string of the molecule is C=C[C@@](C)(O)CC/C=C(\C)C(=O)OC[C@H]1O[C@@H](OC(=O)[C@]23CCC(C)(C)C[C@H]2C2=CC[C@@H]4[C@@]5(C)CC[C@H](O[C@@H]6O[C@H](CO[C@@H]7OC[C@H](O)[C@H](O)[C@H]7O[C@@H]7OC[C@@H](O)[C@H](O)[C@H]7O)[C@@H](O)[C@H](O)[C@H]6O)C(C)(C)[C@@H]5CC[C@@]4(C)[C@]2(C)C[C@H]3O)[C@H](O[C@@H]2O[C@@H](C)[C@H](O[C@@H]3OC[C@@H](O)[C@H](O[C@H]4OC[C@@H](O)[C@H](O)[C@H]4O)[C@H]3O)[C@@H](O)[C@H]2O[C@@H]2O[C@H](CO)[C@H](O)[C@H](O)[C@H]2O)[C@@H](O)[C@@H]1O. The molecule has 13 rings (SSSR count). The van der Waals surface area contributed by atoms with Gasteiger partial charge in [-0.1, -0.05) is 72.3 Å². The molecule has 0 radical (unpaired) electrons. The van der Waals surface area contributed by atoms with Crippen LogP contribution in [-0.4, -0.2) is 410 Å². The van der Waals surface area contributed by atoms with E-state index in [1.165, 1.54) is 32.9 Å². The first kappa shape index (κ1) is 99.2. The van der Waals surface area contributed by atoms with E-state index in [4.69, 9.17) is 80.5 Å². The molecule has 8 aliphatic heterocycles. The summed E-state index contributed by atoms with van der Waals surface area (Å²) in [5.41, 5.74) is -5.09. The van der Waals surface area contributed by atoms with Crippen molar-refractivity contribution in [3.05, 3.63) is 36.0 Å². The van der Waals surface area contributed by atoms with E-state index < -0.39 is 336 Å². The topological polar surface area (TPSA) is 636 Å². The molecule has 0 amide bonds. The minimum Gasteiger partial charge on any atom is -0.459 e. The Bertz CT molecular complexity index is 3710. The van der Waals surface area contributed by atoms with Gasteiger partial charge in [-0.2, -0.15) is 0 Å². The van der Waals surface area contributed by atoms with Crippen molar-refractivity contribution in [2.45, 2.75) is 379 Å². The van der Waals surface area contributed by atoms with Crippen molar-refractivity contribution in [2.75, 3.05) is 46.2 Å². The third-order valence-corrected chi connectivity index (χ3v) is 30.3. The van der Waals surface area contributed by atoms with Gasteiger partial charge in [0.25, 0.3) is 0 Å². The molecule has 0 spiro atoms. The molecule has 5 aliphatic carbocycles. The average Bonchev–Trinajstić information content (AvgIpc) is 0.669. The van der Waals surface area contributed by atoms with Crippen molar-refractivity contribution in [3.63, 3.8) is 0 Å². The van der Waals surface area contributed by atoms with E-state index >= 15 is 4.79 Å². The lowest BCUT2D eigenvalue weighted by Gasteiger charge is -2.71. The number of ether oxygens (including phenoxy) is 17. The molecule has 41 heteroatoms. The first-order valence-electron chi connectivity index (χ1n) is 43.6. The Morgan fingerprint density at radius 3 is 1.63 bits per heavy atom. The number of carbonyl (C=O) groups excluding carboxylic acids is 2. The van der Waals surface area contributed by atoms with Crippen molar-refractivity contribution in [2.24, 2.45) is 50.2 Å². The number of aliphatic hydroxyl groups is 22. The van der Waals surface area contributed by atoms with E-state index in [1.54, 1.807) is 0 Å². The number of allylic oxidation sites excluding steroid dienone is 3. The fourth-order valence-corrected chi connectivity index (χ4v) is 22.3. The monoisotopic (exact) mass is 1800 g/mol. The normalized spacial score (nSPS) is 51.2. The first-order chi connectivity index (χ1) is 58.6. The molecule has 41 nitrogen and oxygen atoms in total. The molecule has 125 heavy (non-hydrogen) atoms. The van der Waals surface area contributed by atoms with Crippen LogP contribution in [0, 0.1) is 50.2 Å². The summed E-state index contributed by atoms with van der Waals surface area (Å²) in [5.74, 6) is -2.83. The molecule has 0 bridgehead atoms. The van der Waals surface area contributed by atoms with Gasteiger partial charge in [-0.15, -0.1) is 6.58 Å². The van der Waals surface area contributed by atoms with Crippen molar-refractivity contribution >= 4 is 11.9 Å². The fraction of sp³-hybridized carbons (Fsp3) is 0.905. The van der Waals surface area contributed by atoms with Gasteiger partial charge in [-0.3, -0.25) is 4.79 Å². The van der Waals surface area contributed by atoms with Gasteiger partial charge in [-0.05, 0) is 136 Å². The highest BCUT2D eigenvalue weighted by Crippen LogP contribution is 2.76. The van der Waals surface area contributed by atoms with Crippen molar-refractivity contribution in [1.29, 1.82) is 0 Å². The second kappa shape index (κ2) is 38.6. The third-order valence-electron chi connectivity index (χ3n) is 30.3. The van der Waals surface area contributed by atoms with E-state index in [9.17, 15) is 117 Å². The lowest BCUT2D eigenvalue weighted by molar-refractivity contribution is -0.401. The van der Waals surface area contributed by atoms with E-state index in [-0.39, 0.29) is 43.1 Å². The van der Waals surface area contributed by atoms with Gasteiger partial charge in [0, 0.05) is 5.57 Å². The van der Waals surface area contributed by atoms with Crippen LogP contribution in [0.4, 0.5) is 0 Å². The minimum absolute atomic E-state index is 0.0274. The van der Waals surface area contributed by atoms with Crippen LogP contribution >= 0.6 is 0 Å². The van der Waals surface area contributed by atoms with E-state index in [1.807, 2.05) is 0 Å². The molecule has 8 heterocycles. The molecule has 0 aromatic heterocycles. The lowest BCUT2D eigenvalue weighted by atomic mass is 9.33. The molecule has 716 valence electrons. The predicted octanol–water partition coefficient (Wildman–Crippen LogP) is -5.97. The fourth-order valence-electron chi connectivity index (χ4n) is 22.3. The van der Waals surface area contributed by atoms with Gasteiger partial charge in [0.2, 0.25) is 6.29 Å². The Kier molecular flexibility index (Phi) is 30.6. The molecule has 4 saturated carbocycles. The third kappa shape index (κ3) is 18.9. The summed E-state index contributed by atoms with van der Waals surface area (Å²) in [5, 5.41) is 246. The molecular formula is C84H134O41. The van der Waals surface area contributed by atoms with Crippen molar-refractivity contribution in [1.82, 2.24) is 0 Å². The van der Waals surface area contributed by atoms with Gasteiger partial charge in [-0.25, -0.2) is 4.79 Å². The standard InChI is InChI=1S/C84H134O41/c1-12-80(8,108)19-13-14-33(2)68(106)109-31-42-53(96)56(99)66(124-75-67(123-73-60(103)54(97)51(94)41(26-85)116-73)61(104)63(34(3)115-75)120-71-62(105)64(40(89)30-112-71)121-69-57(100)48(91)37(86)27-110-69)76(118-42)125-77(107)84-23-22-78(4,5)24-36(84)35-15-16-45-81(9)20-18-47(79(6,7)44(81)17-21-82(45,10)83(35,11)25-46(84)90)119-72-59(102)55(98)52(95)43(117-72)32-114-74-65(50(93)39(88)29-113-74)122-70-58(101)49(92)38(87)28-111-70/h12,14-15,34,36-67,69-76,85-105,108H,1,13,16-32H2,2-11H3/b33-14+/t34-,36-,37+,38+,39-,40+,41+,42+,43+,44-,45+,46+,47-,48-,49-,50-,51-,52+,53+,54-,55-,56-,57+,58+,59+,60+,61+,62+,63-,64-,65+,66+,67+,69+,70-,71-,72-,73-,74-,75-,76-,80+,81-,82+,83+,84+/m0/s1. The number of rotatable bonds is 25. The molecule has 22 N–H and O–H groups in total. The summed E-state index contributed by atoms with van der Waals surface area (Å²) in [6.45, 7) is 18.5. The summed E-state index contributed by atoms with van der Waals surface area (Å²) in [6.07, 6.45) is -58.3. The van der Waals surface area contributed by atoms with Crippen molar-refractivity contribution in [3.8, 4) is 0 Å². The summed E-state index contributed by atoms with van der Waals surface area (Å²) in [6, 6.07) is 0. The smallest absolute Gasteiger partial charge is 0.333 e. The molecular weight excluding hydrogens is 1660 g/mol. The van der Waals surface area contributed by atoms with Gasteiger partial charge in [0.15, 0.2) is 50.1 Å². The first-order valence-corrected chi connectivity index (χ1v) is 43.6. The predicted molar refractivity (Wildman–Crippen MR) is 417 cm³/mol. The van der Waals surface area contributed by atoms with Crippen LogP contribution in [0.25, 0.3) is 0 Å². The number of hydrogen-bond acceptors (Lipinski definition) is 41. The van der Waals surface area contributed by atoms with Crippen LogP contribution in [0.1, 0.15) is 140 Å². The highest BCUT2D eigenvalue weighted by Gasteiger charge is 2.73. The number of fused-ring (bicyclic) bond motifs is 7. The van der Waals surface area contributed by atoms with Crippen LogP contribution < -0.4 is 0 Å². The Hall–Kier alpha value is -3.32. The molecule has 13 aliphatic rings. The number of esters is 2. The van der Waals surface area contributed by atoms with Crippen LogP contribution in [0.5, 0.6) is 0 Å². The zero-order valence-electron chi connectivity index (χ0n) is 71.9. The van der Waals surface area contributed by atoms with Crippen LogP contribution in [0.2, 0.25) is 0 Å². The maximum atomic E-state index is 16.4. The van der Waals surface area contributed by atoms with Crippen LogP contribution in [0.3, 0.4) is 0 Å². The number of carbonyl (C=O) groups is 2. The molecule has 0 unspecified atom stereocenters. The maximum Gasteiger partial charge on any atom is 0.333 e. The van der Waals surface area contributed by atoms with Gasteiger partial charge in [0.1, 0.15) is 171 Å². The quantitative estimate of drug-likeness (QED) is 0.0175. The average molecular weight is 1800 g/mol. The summed E-state index contributed by atoms with van der Waals surface area (Å²) < 4.78 is 103. The molecule has 0 aromatic rings. The summed E-state index contributed by atoms with van der Waals surface area (Å²) >= 11 is 0. The Labute approximate surface area is 723 Å². The highest BCUT2D eigenvalue weighted by molar-refractivity contribution is 5.87. The highest BCUT2D eigenvalue weighted by atomic mass is 16.8. The van der Waals surface area contributed by atoms with E-state index in [2.05, 4.69) is 61.1 Å². The summed E-state index contributed by atoms with van der Waals surface area (Å²) in [7, 11) is 0.